The molecule has 1 aromatic carbocycles. The van der Waals surface area contributed by atoms with Crippen molar-refractivity contribution in [2.75, 3.05) is 0 Å². The molecule has 0 unspecified atom stereocenters. The fourth-order valence-electron chi connectivity index (χ4n) is 2.68. The van der Waals surface area contributed by atoms with Crippen LogP contribution in [0, 0.1) is 6.92 Å². The van der Waals surface area contributed by atoms with Crippen LogP contribution in [0.3, 0.4) is 0 Å². The molecule has 0 amide bonds. The maximum absolute atomic E-state index is 5.74. The van der Waals surface area contributed by atoms with Gasteiger partial charge in [0, 0.05) is 6.20 Å². The first-order chi connectivity index (χ1) is 12.6. The predicted octanol–water partition coefficient (Wildman–Crippen LogP) is 3.81. The quantitative estimate of drug-likeness (QED) is 0.559. The average Bonchev–Trinajstić information content (AvgIpc) is 3.29. The van der Waals surface area contributed by atoms with E-state index in [0.29, 0.717) is 29.1 Å². The summed E-state index contributed by atoms with van der Waals surface area (Å²) in [6.45, 7) is 6.27. The average molecular weight is 346 g/mol. The molecule has 0 N–H and O–H groups in total. The first kappa shape index (κ1) is 16.1. The van der Waals surface area contributed by atoms with E-state index in [1.165, 1.54) is 5.56 Å². The van der Waals surface area contributed by atoms with Crippen LogP contribution in [0.15, 0.2) is 53.1 Å². The van der Waals surface area contributed by atoms with E-state index in [4.69, 9.17) is 4.42 Å². The minimum absolute atomic E-state index is 0.327. The maximum atomic E-state index is 5.74. The Labute approximate surface area is 150 Å². The second-order valence-corrected chi connectivity index (χ2v) is 6.31. The molecule has 0 fully saturated rings. The van der Waals surface area contributed by atoms with Crippen LogP contribution in [0.25, 0.3) is 28.9 Å². The van der Waals surface area contributed by atoms with Crippen LogP contribution in [0.5, 0.6) is 0 Å². The fourth-order valence-corrected chi connectivity index (χ4v) is 2.68. The van der Waals surface area contributed by atoms with Crippen molar-refractivity contribution in [1.82, 2.24) is 30.2 Å². The smallest absolute Gasteiger partial charge is 0.270 e. The monoisotopic (exact) mass is 346 g/mol. The summed E-state index contributed by atoms with van der Waals surface area (Å²) in [6, 6.07) is 13.8. The zero-order valence-corrected chi connectivity index (χ0v) is 14.8. The Morgan fingerprint density at radius 3 is 2.38 bits per heavy atom. The third-order valence-electron chi connectivity index (χ3n) is 4.21. The summed E-state index contributed by atoms with van der Waals surface area (Å²) in [5, 5.41) is 16.6. The lowest BCUT2D eigenvalue weighted by Crippen LogP contribution is -1.99. The summed E-state index contributed by atoms with van der Waals surface area (Å²) in [7, 11) is 0. The molecule has 7 nitrogen and oxygen atoms in total. The third-order valence-corrected chi connectivity index (χ3v) is 4.21. The van der Waals surface area contributed by atoms with Gasteiger partial charge < -0.3 is 4.42 Å². The lowest BCUT2D eigenvalue weighted by molar-refractivity contribution is 0.579. The van der Waals surface area contributed by atoms with E-state index in [1.54, 1.807) is 10.9 Å². The number of rotatable bonds is 4. The van der Waals surface area contributed by atoms with Crippen molar-refractivity contribution < 1.29 is 4.42 Å². The van der Waals surface area contributed by atoms with Gasteiger partial charge in [-0.2, -0.15) is 0 Å². The summed E-state index contributed by atoms with van der Waals surface area (Å²) in [5.41, 5.74) is 4.24. The van der Waals surface area contributed by atoms with Gasteiger partial charge in [-0.05, 0) is 42.7 Å². The normalized spacial score (nSPS) is 11.2. The molecular weight excluding hydrogens is 328 g/mol. The number of aromatic nitrogens is 6. The number of pyridine rings is 1. The Morgan fingerprint density at radius 2 is 1.69 bits per heavy atom. The van der Waals surface area contributed by atoms with Crippen LogP contribution < -0.4 is 0 Å². The highest BCUT2D eigenvalue weighted by molar-refractivity contribution is 5.54. The Morgan fingerprint density at radius 1 is 0.923 bits per heavy atom. The van der Waals surface area contributed by atoms with E-state index >= 15 is 0 Å². The van der Waals surface area contributed by atoms with Gasteiger partial charge >= 0.3 is 0 Å². The molecular formula is C19H18N6O. The Hall–Kier alpha value is -3.35. The highest BCUT2D eigenvalue weighted by Gasteiger charge is 2.19. The van der Waals surface area contributed by atoms with Crippen molar-refractivity contribution in [1.29, 1.82) is 0 Å². The van der Waals surface area contributed by atoms with Gasteiger partial charge in [0.2, 0.25) is 0 Å². The molecule has 0 atom stereocenters. The molecule has 0 spiro atoms. The van der Waals surface area contributed by atoms with Crippen molar-refractivity contribution in [3.05, 3.63) is 59.9 Å². The van der Waals surface area contributed by atoms with Crippen LogP contribution >= 0.6 is 0 Å². The fraction of sp³-hybridized carbons (Fsp3) is 0.211. The molecule has 0 aliphatic heterocycles. The SMILES string of the molecule is Cc1c(-c2nnc(-c3ccccn3)o2)nnn1-c1ccc(C(C)C)cc1. The molecule has 3 heterocycles. The van der Waals surface area contributed by atoms with E-state index in [9.17, 15) is 0 Å². The van der Waals surface area contributed by atoms with Crippen molar-refractivity contribution >= 4 is 0 Å². The molecule has 0 aliphatic rings. The summed E-state index contributed by atoms with van der Waals surface area (Å²) in [5.74, 6) is 1.17. The van der Waals surface area contributed by atoms with Crippen molar-refractivity contribution in [3.8, 4) is 28.9 Å². The summed E-state index contributed by atoms with van der Waals surface area (Å²) >= 11 is 0. The van der Waals surface area contributed by atoms with Gasteiger partial charge in [-0.15, -0.1) is 15.3 Å². The van der Waals surface area contributed by atoms with E-state index in [0.717, 1.165) is 11.4 Å². The van der Waals surface area contributed by atoms with Gasteiger partial charge in [0.25, 0.3) is 11.8 Å². The van der Waals surface area contributed by atoms with E-state index in [1.807, 2.05) is 37.3 Å². The highest BCUT2D eigenvalue weighted by atomic mass is 16.4. The van der Waals surface area contributed by atoms with Gasteiger partial charge in [0.1, 0.15) is 5.69 Å². The van der Waals surface area contributed by atoms with Gasteiger partial charge in [0.05, 0.1) is 11.4 Å². The molecule has 0 bridgehead atoms. The van der Waals surface area contributed by atoms with Crippen LogP contribution in [-0.2, 0) is 0 Å². The summed E-state index contributed by atoms with van der Waals surface area (Å²) in [4.78, 5) is 4.22. The Kier molecular flexibility index (Phi) is 4.04. The number of hydrogen-bond donors (Lipinski definition) is 0. The number of nitrogens with zero attached hydrogens (tertiary/aromatic N) is 6. The molecule has 4 aromatic rings. The van der Waals surface area contributed by atoms with Gasteiger partial charge in [-0.25, -0.2) is 4.68 Å². The van der Waals surface area contributed by atoms with E-state index < -0.39 is 0 Å². The first-order valence-electron chi connectivity index (χ1n) is 8.41. The number of hydrogen-bond acceptors (Lipinski definition) is 6. The zero-order valence-electron chi connectivity index (χ0n) is 14.8. The third kappa shape index (κ3) is 2.88. The Balaban J connectivity index is 1.67. The molecule has 4 rings (SSSR count). The summed E-state index contributed by atoms with van der Waals surface area (Å²) < 4.78 is 7.50. The molecule has 3 aromatic heterocycles. The molecule has 0 aliphatic carbocycles. The van der Waals surface area contributed by atoms with Crippen LogP contribution in [-0.4, -0.2) is 30.2 Å². The van der Waals surface area contributed by atoms with E-state index in [2.05, 4.69) is 51.5 Å². The minimum atomic E-state index is 0.327. The highest BCUT2D eigenvalue weighted by Crippen LogP contribution is 2.25. The van der Waals surface area contributed by atoms with Crippen molar-refractivity contribution in [2.45, 2.75) is 26.7 Å². The molecule has 7 heteroatoms. The summed E-state index contributed by atoms with van der Waals surface area (Å²) in [6.07, 6.45) is 1.68. The maximum Gasteiger partial charge on any atom is 0.270 e. The largest absolute Gasteiger partial charge is 0.413 e. The van der Waals surface area contributed by atoms with Crippen molar-refractivity contribution in [2.24, 2.45) is 0 Å². The second-order valence-electron chi connectivity index (χ2n) is 6.31. The van der Waals surface area contributed by atoms with Gasteiger partial charge in [-0.1, -0.05) is 37.3 Å². The van der Waals surface area contributed by atoms with Crippen LogP contribution in [0.2, 0.25) is 0 Å². The zero-order chi connectivity index (χ0) is 18.1. The minimum Gasteiger partial charge on any atom is -0.413 e. The number of benzene rings is 1. The van der Waals surface area contributed by atoms with Crippen LogP contribution in [0.4, 0.5) is 0 Å². The van der Waals surface area contributed by atoms with Crippen molar-refractivity contribution in [3.63, 3.8) is 0 Å². The molecule has 0 saturated heterocycles. The lowest BCUT2D eigenvalue weighted by atomic mass is 10.0. The van der Waals surface area contributed by atoms with Crippen LogP contribution in [0.1, 0.15) is 31.0 Å². The first-order valence-corrected chi connectivity index (χ1v) is 8.41. The topological polar surface area (TPSA) is 82.5 Å². The van der Waals surface area contributed by atoms with E-state index in [-0.39, 0.29) is 0 Å². The molecule has 26 heavy (non-hydrogen) atoms. The predicted molar refractivity (Wildman–Crippen MR) is 96.7 cm³/mol. The standard InChI is InChI=1S/C19H18N6O/c1-12(2)14-7-9-15(10-8-14)25-13(3)17(21-24-25)19-23-22-18(26-19)16-6-4-5-11-20-16/h4-12H,1-3H3. The molecule has 0 radical (unpaired) electrons. The van der Waals surface area contributed by atoms with Gasteiger partial charge in [0.15, 0.2) is 5.69 Å². The lowest BCUT2D eigenvalue weighted by Gasteiger charge is -2.07. The molecule has 130 valence electrons. The molecule has 0 saturated carbocycles. The second kappa shape index (κ2) is 6.51. The Bertz CT molecular complexity index is 1020. The van der Waals surface area contributed by atoms with Gasteiger partial charge in [-0.3, -0.25) is 4.98 Å².